The molecule has 3 rings (SSSR count). The van der Waals surface area contributed by atoms with Crippen LogP contribution in [-0.4, -0.2) is 10.8 Å². The number of hydrogen-bond donors (Lipinski definition) is 3. The second-order valence-electron chi connectivity index (χ2n) is 5.79. The SMILES string of the molecule is C/C(N)=C/C(N)=N\c1cc2ccccc2c(Nc2ccc(C#N)cc2)n1. The monoisotopic (exact) mass is 342 g/mol. The summed E-state index contributed by atoms with van der Waals surface area (Å²) in [6.07, 6.45) is 1.59. The molecule has 0 saturated carbocycles. The molecule has 2 aromatic carbocycles. The van der Waals surface area contributed by atoms with Crippen LogP contribution in [0, 0.1) is 11.3 Å². The molecule has 3 aromatic rings. The summed E-state index contributed by atoms with van der Waals surface area (Å²) < 4.78 is 0. The molecule has 5 N–H and O–H groups in total. The molecule has 0 aliphatic carbocycles. The van der Waals surface area contributed by atoms with Gasteiger partial charge in [-0.15, -0.1) is 0 Å². The number of aliphatic imine (C=N–C) groups is 1. The van der Waals surface area contributed by atoms with E-state index < -0.39 is 0 Å². The van der Waals surface area contributed by atoms with E-state index >= 15 is 0 Å². The molecule has 0 fully saturated rings. The number of hydrogen-bond acceptors (Lipinski definition) is 5. The predicted octanol–water partition coefficient (Wildman–Crippen LogP) is 3.70. The molecule has 26 heavy (non-hydrogen) atoms. The topological polar surface area (TPSA) is 113 Å². The summed E-state index contributed by atoms with van der Waals surface area (Å²) in [7, 11) is 0. The van der Waals surface area contributed by atoms with Gasteiger partial charge < -0.3 is 16.8 Å². The Kier molecular flexibility index (Phi) is 4.81. The van der Waals surface area contributed by atoms with E-state index in [0.29, 0.717) is 22.9 Å². The summed E-state index contributed by atoms with van der Waals surface area (Å²) in [6, 6.07) is 19.0. The number of benzene rings is 2. The van der Waals surface area contributed by atoms with Crippen LogP contribution in [-0.2, 0) is 0 Å². The van der Waals surface area contributed by atoms with Crippen LogP contribution in [0.3, 0.4) is 0 Å². The molecule has 0 atom stereocenters. The first-order valence-electron chi connectivity index (χ1n) is 8.00. The molecule has 0 radical (unpaired) electrons. The number of anilines is 2. The zero-order chi connectivity index (χ0) is 18.5. The summed E-state index contributed by atoms with van der Waals surface area (Å²) in [5.74, 6) is 1.43. The first-order chi connectivity index (χ1) is 12.5. The highest BCUT2D eigenvalue weighted by atomic mass is 15.0. The lowest BCUT2D eigenvalue weighted by molar-refractivity contribution is 1.27. The van der Waals surface area contributed by atoms with Crippen molar-refractivity contribution in [1.29, 1.82) is 5.26 Å². The predicted molar refractivity (Wildman–Crippen MR) is 105 cm³/mol. The molecule has 0 amide bonds. The Morgan fingerprint density at radius 2 is 1.88 bits per heavy atom. The molecule has 0 bridgehead atoms. The zero-order valence-electron chi connectivity index (χ0n) is 14.3. The summed E-state index contributed by atoms with van der Waals surface area (Å²) in [5.41, 5.74) is 13.5. The number of fused-ring (bicyclic) bond motifs is 1. The van der Waals surface area contributed by atoms with Gasteiger partial charge in [-0.25, -0.2) is 9.98 Å². The summed E-state index contributed by atoms with van der Waals surface area (Å²) in [6.45, 7) is 1.74. The second-order valence-corrected chi connectivity index (χ2v) is 5.79. The third-order valence-corrected chi connectivity index (χ3v) is 3.62. The van der Waals surface area contributed by atoms with Crippen LogP contribution >= 0.6 is 0 Å². The molecule has 0 aliphatic heterocycles. The largest absolute Gasteiger partial charge is 0.402 e. The molecular weight excluding hydrogens is 324 g/mol. The average Bonchev–Trinajstić information content (AvgIpc) is 2.61. The number of nitrogens with two attached hydrogens (primary N) is 2. The maximum Gasteiger partial charge on any atom is 0.157 e. The lowest BCUT2D eigenvalue weighted by Gasteiger charge is -2.10. The van der Waals surface area contributed by atoms with Crippen molar-refractivity contribution >= 4 is 33.9 Å². The van der Waals surface area contributed by atoms with Gasteiger partial charge in [0.1, 0.15) is 11.7 Å². The zero-order valence-corrected chi connectivity index (χ0v) is 14.3. The number of rotatable bonds is 4. The van der Waals surface area contributed by atoms with Crippen LogP contribution in [0.4, 0.5) is 17.3 Å². The van der Waals surface area contributed by atoms with E-state index in [1.807, 2.05) is 42.5 Å². The first kappa shape index (κ1) is 17.0. The van der Waals surface area contributed by atoms with Crippen molar-refractivity contribution in [2.75, 3.05) is 5.32 Å². The summed E-state index contributed by atoms with van der Waals surface area (Å²) >= 11 is 0. The van der Waals surface area contributed by atoms with Gasteiger partial charge >= 0.3 is 0 Å². The number of aromatic nitrogens is 1. The number of allylic oxidation sites excluding steroid dienone is 1. The molecule has 1 heterocycles. The van der Waals surface area contributed by atoms with Crippen molar-refractivity contribution in [1.82, 2.24) is 4.98 Å². The molecule has 0 aliphatic rings. The van der Waals surface area contributed by atoms with Crippen molar-refractivity contribution < 1.29 is 0 Å². The molecule has 128 valence electrons. The van der Waals surface area contributed by atoms with E-state index in [9.17, 15) is 0 Å². The highest BCUT2D eigenvalue weighted by molar-refractivity contribution is 5.97. The van der Waals surface area contributed by atoms with Crippen molar-refractivity contribution in [2.45, 2.75) is 6.92 Å². The van der Waals surface area contributed by atoms with E-state index in [4.69, 9.17) is 16.7 Å². The molecular formula is C20H18N6. The van der Waals surface area contributed by atoms with Crippen molar-refractivity contribution in [3.63, 3.8) is 0 Å². The lowest BCUT2D eigenvalue weighted by Crippen LogP contribution is -2.10. The van der Waals surface area contributed by atoms with Gasteiger partial charge in [0.25, 0.3) is 0 Å². The van der Waals surface area contributed by atoms with Gasteiger partial charge in [0, 0.05) is 16.8 Å². The minimum atomic E-state index is 0.289. The smallest absolute Gasteiger partial charge is 0.157 e. The standard InChI is InChI=1S/C20H18N6/c1-13(22)10-18(23)25-19-11-15-4-2-3-5-17(15)20(26-19)24-16-8-6-14(12-21)7-9-16/h2-11H,22H2,1H3,(H3,23,24,25,26)/b13-10-. The highest BCUT2D eigenvalue weighted by Crippen LogP contribution is 2.28. The van der Waals surface area contributed by atoms with Gasteiger partial charge in [0.2, 0.25) is 0 Å². The van der Waals surface area contributed by atoms with Gasteiger partial charge in [-0.2, -0.15) is 5.26 Å². The second kappa shape index (κ2) is 7.36. The van der Waals surface area contributed by atoms with Crippen LogP contribution in [0.2, 0.25) is 0 Å². The van der Waals surface area contributed by atoms with E-state index in [0.717, 1.165) is 16.5 Å². The molecule has 0 unspecified atom stereocenters. The third kappa shape index (κ3) is 3.97. The van der Waals surface area contributed by atoms with E-state index in [2.05, 4.69) is 21.4 Å². The van der Waals surface area contributed by atoms with Gasteiger partial charge in [-0.1, -0.05) is 24.3 Å². The molecule has 6 heteroatoms. The fourth-order valence-corrected chi connectivity index (χ4v) is 2.50. The van der Waals surface area contributed by atoms with Crippen LogP contribution in [0.1, 0.15) is 12.5 Å². The normalized spacial score (nSPS) is 12.0. The highest BCUT2D eigenvalue weighted by Gasteiger charge is 2.06. The summed E-state index contributed by atoms with van der Waals surface area (Å²) in [5, 5.41) is 14.1. The average molecular weight is 342 g/mol. The van der Waals surface area contributed by atoms with Crippen molar-refractivity contribution in [3.8, 4) is 6.07 Å². The van der Waals surface area contributed by atoms with E-state index in [1.165, 1.54) is 0 Å². The number of pyridine rings is 1. The number of nitriles is 1. The molecule has 0 spiro atoms. The number of amidine groups is 1. The van der Waals surface area contributed by atoms with Gasteiger partial charge in [-0.3, -0.25) is 0 Å². The Labute approximate surface area is 151 Å². The third-order valence-electron chi connectivity index (χ3n) is 3.62. The molecule has 1 aromatic heterocycles. The van der Waals surface area contributed by atoms with E-state index in [-0.39, 0.29) is 5.84 Å². The van der Waals surface area contributed by atoms with Gasteiger partial charge in [0.15, 0.2) is 5.82 Å². The molecule has 0 saturated heterocycles. The Balaban J connectivity index is 2.05. The maximum atomic E-state index is 8.92. The van der Waals surface area contributed by atoms with Crippen LogP contribution in [0.25, 0.3) is 10.8 Å². The van der Waals surface area contributed by atoms with Gasteiger partial charge in [-0.05, 0) is 48.7 Å². The van der Waals surface area contributed by atoms with Crippen molar-refractivity contribution in [3.05, 3.63) is 71.9 Å². The Hall–Kier alpha value is -3.85. The quantitative estimate of drug-likeness (QED) is 0.494. The van der Waals surface area contributed by atoms with Crippen LogP contribution < -0.4 is 16.8 Å². The Bertz CT molecular complexity index is 1040. The maximum absolute atomic E-state index is 8.92. The first-order valence-corrected chi connectivity index (χ1v) is 8.00. The Morgan fingerprint density at radius 1 is 1.15 bits per heavy atom. The number of nitrogens with one attached hydrogen (secondary N) is 1. The minimum absolute atomic E-state index is 0.289. The van der Waals surface area contributed by atoms with E-state index in [1.54, 1.807) is 25.1 Å². The summed E-state index contributed by atoms with van der Waals surface area (Å²) in [4.78, 5) is 8.90. The van der Waals surface area contributed by atoms with Crippen LogP contribution in [0.5, 0.6) is 0 Å². The minimum Gasteiger partial charge on any atom is -0.402 e. The van der Waals surface area contributed by atoms with Gasteiger partial charge in [0.05, 0.1) is 11.6 Å². The fraction of sp³-hybridized carbons (Fsp3) is 0.0500. The Morgan fingerprint density at radius 3 is 2.58 bits per heavy atom. The number of nitrogens with zero attached hydrogens (tertiary/aromatic N) is 3. The molecule has 6 nitrogen and oxygen atoms in total. The lowest BCUT2D eigenvalue weighted by atomic mass is 10.1. The van der Waals surface area contributed by atoms with Crippen molar-refractivity contribution in [2.24, 2.45) is 16.5 Å². The van der Waals surface area contributed by atoms with Crippen LogP contribution in [0.15, 0.2) is 71.4 Å². The fourth-order valence-electron chi connectivity index (χ4n) is 2.50.